The van der Waals surface area contributed by atoms with E-state index in [1.54, 1.807) is 0 Å². The van der Waals surface area contributed by atoms with Gasteiger partial charge in [-0.3, -0.25) is 0 Å². The highest BCUT2D eigenvalue weighted by Gasteiger charge is 2.64. The molecule has 110 valence electrons. The molecule has 4 heteroatoms. The number of rotatable bonds is 0. The Hall–Kier alpha value is -0.770. The van der Waals surface area contributed by atoms with Crippen LogP contribution in [-0.2, 0) is 4.74 Å². The molecule has 1 amide bonds. The lowest BCUT2D eigenvalue weighted by Crippen LogP contribution is -2.75. The van der Waals surface area contributed by atoms with Gasteiger partial charge in [0.05, 0.1) is 6.10 Å². The van der Waals surface area contributed by atoms with Crippen LogP contribution in [0.1, 0.15) is 54.4 Å². The second kappa shape index (κ2) is 4.11. The lowest BCUT2D eigenvalue weighted by molar-refractivity contribution is -0.196. The van der Waals surface area contributed by atoms with Gasteiger partial charge in [0, 0.05) is 18.0 Å². The number of nitrogens with zero attached hydrogens (tertiary/aromatic N) is 1. The Bertz CT molecular complexity index is 372. The van der Waals surface area contributed by atoms with Gasteiger partial charge in [0.2, 0.25) is 0 Å². The monoisotopic (exact) mass is 269 g/mol. The van der Waals surface area contributed by atoms with E-state index in [0.29, 0.717) is 0 Å². The number of likely N-dealkylation sites (tertiary alicyclic amines) is 1. The molecule has 19 heavy (non-hydrogen) atoms. The number of carbonyl (C=O) groups excluding carboxylic acids is 1. The van der Waals surface area contributed by atoms with Crippen LogP contribution in [0.4, 0.5) is 4.79 Å². The van der Waals surface area contributed by atoms with Crippen LogP contribution in [0.25, 0.3) is 0 Å². The molecular weight excluding hydrogens is 242 g/mol. The van der Waals surface area contributed by atoms with Gasteiger partial charge in [-0.05, 0) is 39.0 Å². The maximum atomic E-state index is 12.2. The quantitative estimate of drug-likeness (QED) is 0.735. The molecule has 0 radical (unpaired) electrons. The first-order valence-corrected chi connectivity index (χ1v) is 7.12. The predicted octanol–water partition coefficient (Wildman–Crippen LogP) is 2.79. The van der Waals surface area contributed by atoms with Crippen molar-refractivity contribution in [3.63, 3.8) is 0 Å². The molecule has 0 aromatic rings. The molecule has 0 bridgehead atoms. The van der Waals surface area contributed by atoms with Crippen molar-refractivity contribution in [2.24, 2.45) is 10.8 Å². The van der Waals surface area contributed by atoms with Gasteiger partial charge in [-0.2, -0.15) is 0 Å². The van der Waals surface area contributed by atoms with Gasteiger partial charge in [-0.1, -0.05) is 20.8 Å². The van der Waals surface area contributed by atoms with Gasteiger partial charge < -0.3 is 14.7 Å². The summed E-state index contributed by atoms with van der Waals surface area (Å²) in [6, 6.07) is 0.165. The van der Waals surface area contributed by atoms with Crippen molar-refractivity contribution in [2.45, 2.75) is 72.1 Å². The zero-order chi connectivity index (χ0) is 14.6. The maximum Gasteiger partial charge on any atom is 0.410 e. The van der Waals surface area contributed by atoms with Crippen LogP contribution in [0.2, 0.25) is 0 Å². The van der Waals surface area contributed by atoms with Crippen LogP contribution < -0.4 is 0 Å². The molecule has 1 N–H and O–H groups in total. The minimum atomic E-state index is -0.457. The van der Waals surface area contributed by atoms with E-state index in [1.165, 1.54) is 0 Å². The van der Waals surface area contributed by atoms with Crippen molar-refractivity contribution in [3.05, 3.63) is 0 Å². The first-order chi connectivity index (χ1) is 8.45. The van der Waals surface area contributed by atoms with Gasteiger partial charge in [0.1, 0.15) is 5.60 Å². The smallest absolute Gasteiger partial charge is 0.410 e. The average molecular weight is 269 g/mol. The highest BCUT2D eigenvalue weighted by atomic mass is 16.6. The van der Waals surface area contributed by atoms with E-state index in [0.717, 1.165) is 19.4 Å². The van der Waals surface area contributed by atoms with Gasteiger partial charge >= 0.3 is 6.09 Å². The van der Waals surface area contributed by atoms with E-state index < -0.39 is 5.60 Å². The summed E-state index contributed by atoms with van der Waals surface area (Å²) in [5.41, 5.74) is -0.328. The fourth-order valence-electron chi connectivity index (χ4n) is 3.84. The lowest BCUT2D eigenvalue weighted by Gasteiger charge is -2.67. The molecule has 0 aromatic carbocycles. The van der Waals surface area contributed by atoms with Crippen LogP contribution in [-0.4, -0.2) is 40.4 Å². The maximum absolute atomic E-state index is 12.2. The summed E-state index contributed by atoms with van der Waals surface area (Å²) in [5, 5.41) is 9.61. The van der Waals surface area contributed by atoms with Gasteiger partial charge in [0.15, 0.2) is 0 Å². The Kier molecular flexibility index (Phi) is 3.17. The van der Waals surface area contributed by atoms with Gasteiger partial charge in [0.25, 0.3) is 0 Å². The van der Waals surface area contributed by atoms with E-state index in [-0.39, 0.29) is 29.1 Å². The summed E-state index contributed by atoms with van der Waals surface area (Å²) < 4.78 is 5.48. The number of aliphatic hydroxyl groups excluding tert-OH is 1. The minimum Gasteiger partial charge on any atom is -0.444 e. The van der Waals surface area contributed by atoms with Crippen LogP contribution in [0.15, 0.2) is 0 Å². The summed E-state index contributed by atoms with van der Waals surface area (Å²) in [4.78, 5) is 14.1. The number of amides is 1. The van der Waals surface area contributed by atoms with Gasteiger partial charge in [-0.25, -0.2) is 4.79 Å². The number of ether oxygens (including phenoxy) is 1. The Morgan fingerprint density at radius 2 is 1.74 bits per heavy atom. The molecule has 1 aliphatic heterocycles. The number of carbonyl (C=O) groups is 1. The van der Waals surface area contributed by atoms with Gasteiger partial charge in [-0.15, -0.1) is 0 Å². The average Bonchev–Trinajstić information content (AvgIpc) is 2.02. The summed E-state index contributed by atoms with van der Waals surface area (Å²) in [6.45, 7) is 12.8. The van der Waals surface area contributed by atoms with Crippen LogP contribution >= 0.6 is 0 Å². The minimum absolute atomic E-state index is 0.00922. The fourth-order valence-corrected chi connectivity index (χ4v) is 3.84. The molecule has 1 saturated carbocycles. The zero-order valence-electron chi connectivity index (χ0n) is 13.0. The van der Waals surface area contributed by atoms with Crippen molar-refractivity contribution in [3.8, 4) is 0 Å². The molecular formula is C15H27NO3. The van der Waals surface area contributed by atoms with Crippen LogP contribution in [0, 0.1) is 10.8 Å². The molecule has 4 nitrogen and oxygen atoms in total. The molecule has 1 spiro atoms. The molecule has 1 saturated heterocycles. The SMILES string of the molecule is CC(C)(C)OC(=O)N1CC2(CC(O)C2)C1C(C)(C)C. The number of hydrogen-bond donors (Lipinski definition) is 1. The van der Waals surface area contributed by atoms with Crippen molar-refractivity contribution in [2.75, 3.05) is 6.54 Å². The first kappa shape index (κ1) is 14.6. The van der Waals surface area contributed by atoms with E-state index >= 15 is 0 Å². The van der Waals surface area contributed by atoms with Crippen LogP contribution in [0.5, 0.6) is 0 Å². The lowest BCUT2D eigenvalue weighted by atomic mass is 9.51. The van der Waals surface area contributed by atoms with Crippen molar-refractivity contribution in [1.29, 1.82) is 0 Å². The first-order valence-electron chi connectivity index (χ1n) is 7.12. The third-order valence-electron chi connectivity index (χ3n) is 4.11. The molecule has 2 fully saturated rings. The van der Waals surface area contributed by atoms with E-state index in [9.17, 15) is 9.90 Å². The molecule has 1 atom stereocenters. The zero-order valence-corrected chi connectivity index (χ0v) is 13.0. The molecule has 2 aliphatic rings. The summed E-state index contributed by atoms with van der Waals surface area (Å²) in [5.74, 6) is 0. The third kappa shape index (κ3) is 2.60. The normalized spacial score (nSPS) is 34.8. The second-order valence-electron chi connectivity index (χ2n) is 8.30. The highest BCUT2D eigenvalue weighted by molar-refractivity contribution is 5.70. The number of aliphatic hydroxyl groups is 1. The molecule has 1 unspecified atom stereocenters. The Labute approximate surface area is 116 Å². The second-order valence-corrected chi connectivity index (χ2v) is 8.30. The van der Waals surface area contributed by atoms with E-state index in [1.807, 2.05) is 25.7 Å². The Balaban J connectivity index is 2.09. The highest BCUT2D eigenvalue weighted by Crippen LogP contribution is 2.58. The van der Waals surface area contributed by atoms with E-state index in [4.69, 9.17) is 4.74 Å². The Morgan fingerprint density at radius 1 is 1.21 bits per heavy atom. The number of hydrogen-bond acceptors (Lipinski definition) is 3. The molecule has 1 heterocycles. The topological polar surface area (TPSA) is 49.8 Å². The molecule has 1 aliphatic carbocycles. The summed E-state index contributed by atoms with van der Waals surface area (Å²) >= 11 is 0. The van der Waals surface area contributed by atoms with Crippen molar-refractivity contribution >= 4 is 6.09 Å². The fraction of sp³-hybridized carbons (Fsp3) is 0.933. The van der Waals surface area contributed by atoms with Crippen LogP contribution in [0.3, 0.4) is 0 Å². The molecule has 2 rings (SSSR count). The van der Waals surface area contributed by atoms with Crippen molar-refractivity contribution in [1.82, 2.24) is 4.90 Å². The molecule has 0 aromatic heterocycles. The van der Waals surface area contributed by atoms with E-state index in [2.05, 4.69) is 20.8 Å². The summed E-state index contributed by atoms with van der Waals surface area (Å²) in [6.07, 6.45) is 1.22. The van der Waals surface area contributed by atoms with Crippen molar-refractivity contribution < 1.29 is 14.6 Å². The Morgan fingerprint density at radius 3 is 2.11 bits per heavy atom. The predicted molar refractivity (Wildman–Crippen MR) is 73.9 cm³/mol. The largest absolute Gasteiger partial charge is 0.444 e. The standard InChI is InChI=1S/C15H27NO3/c1-13(2,3)11-15(7-10(17)8-15)9-16(11)12(18)19-14(4,5)6/h10-11,17H,7-9H2,1-6H3. The summed E-state index contributed by atoms with van der Waals surface area (Å²) in [7, 11) is 0. The third-order valence-corrected chi connectivity index (χ3v) is 4.11.